The fraction of sp³-hybridized carbons (Fsp3) is 0.167. The number of hydrogen-bond donors (Lipinski definition) is 1. The van der Waals surface area contributed by atoms with Crippen LogP contribution >= 0.6 is 34.3 Å². The zero-order valence-electron chi connectivity index (χ0n) is 9.49. The van der Waals surface area contributed by atoms with E-state index < -0.39 is 0 Å². The molecule has 0 aliphatic rings. The highest BCUT2D eigenvalue weighted by atomic mass is 35.5. The number of H-pyrrole nitrogens is 1. The van der Waals surface area contributed by atoms with Crippen molar-refractivity contribution < 1.29 is 0 Å². The van der Waals surface area contributed by atoms with Gasteiger partial charge < -0.3 is 4.98 Å². The molecule has 0 atom stereocenters. The number of aromatic nitrogens is 2. The van der Waals surface area contributed by atoms with Crippen LogP contribution in [0.5, 0.6) is 0 Å². The maximum Gasteiger partial charge on any atom is 0.260 e. The first-order valence-corrected chi connectivity index (χ1v) is 7.55. The van der Waals surface area contributed by atoms with E-state index in [4.69, 9.17) is 11.6 Å². The van der Waals surface area contributed by atoms with Gasteiger partial charge in [0.2, 0.25) is 0 Å². The average Bonchev–Trinajstić information content (AvgIpc) is 2.94. The van der Waals surface area contributed by atoms with Crippen LogP contribution in [-0.2, 0) is 5.88 Å². The number of alkyl halides is 1. The van der Waals surface area contributed by atoms with Crippen LogP contribution in [0.1, 0.15) is 10.7 Å². The van der Waals surface area contributed by atoms with Crippen molar-refractivity contribution in [3.8, 4) is 10.4 Å². The monoisotopic (exact) mass is 296 g/mol. The van der Waals surface area contributed by atoms with E-state index in [0.717, 1.165) is 15.3 Å². The third-order valence-electron chi connectivity index (χ3n) is 2.63. The summed E-state index contributed by atoms with van der Waals surface area (Å²) in [6.45, 7) is 2.05. The Hall–Kier alpha value is -1.17. The van der Waals surface area contributed by atoms with Gasteiger partial charge >= 0.3 is 0 Å². The first kappa shape index (κ1) is 11.9. The lowest BCUT2D eigenvalue weighted by atomic mass is 10.2. The van der Waals surface area contributed by atoms with Crippen molar-refractivity contribution in [2.75, 3.05) is 0 Å². The third kappa shape index (κ3) is 1.88. The molecule has 3 heterocycles. The minimum atomic E-state index is -0.113. The molecule has 0 saturated heterocycles. The predicted octanol–water partition coefficient (Wildman–Crippen LogP) is 3.76. The normalized spacial score (nSPS) is 11.2. The largest absolute Gasteiger partial charge is 0.309 e. The summed E-state index contributed by atoms with van der Waals surface area (Å²) in [5, 5.41) is 2.65. The van der Waals surface area contributed by atoms with Crippen LogP contribution in [0.2, 0.25) is 0 Å². The van der Waals surface area contributed by atoms with Gasteiger partial charge in [-0.15, -0.1) is 34.3 Å². The minimum Gasteiger partial charge on any atom is -0.309 e. The molecule has 0 unspecified atom stereocenters. The number of thiophene rings is 2. The molecule has 92 valence electrons. The van der Waals surface area contributed by atoms with Crippen molar-refractivity contribution in [3.05, 3.63) is 38.6 Å². The molecule has 18 heavy (non-hydrogen) atoms. The Bertz CT molecular complexity index is 772. The summed E-state index contributed by atoms with van der Waals surface area (Å²) in [5.41, 5.74) is 0.848. The van der Waals surface area contributed by atoms with Gasteiger partial charge in [0.05, 0.1) is 11.3 Å². The lowest BCUT2D eigenvalue weighted by Gasteiger charge is -1.97. The molecule has 0 bridgehead atoms. The Balaban J connectivity index is 2.29. The number of nitrogens with one attached hydrogen (secondary N) is 1. The van der Waals surface area contributed by atoms with Gasteiger partial charge in [0.15, 0.2) is 0 Å². The minimum absolute atomic E-state index is 0.113. The van der Waals surface area contributed by atoms with Gasteiger partial charge in [-0.3, -0.25) is 4.79 Å². The molecule has 3 aromatic rings. The summed E-state index contributed by atoms with van der Waals surface area (Å²) in [6.07, 6.45) is 0. The molecule has 0 amide bonds. The Labute approximate surface area is 116 Å². The molecular weight excluding hydrogens is 288 g/mol. The van der Waals surface area contributed by atoms with Gasteiger partial charge in [0, 0.05) is 20.7 Å². The molecule has 0 fully saturated rings. The fourth-order valence-corrected chi connectivity index (χ4v) is 3.87. The van der Waals surface area contributed by atoms with Gasteiger partial charge in [0.1, 0.15) is 10.7 Å². The molecule has 0 aliphatic carbocycles. The van der Waals surface area contributed by atoms with Crippen molar-refractivity contribution in [1.82, 2.24) is 9.97 Å². The number of nitrogens with zero attached hydrogens (tertiary/aromatic N) is 1. The zero-order chi connectivity index (χ0) is 12.7. The Morgan fingerprint density at radius 2 is 2.28 bits per heavy atom. The maximum atomic E-state index is 12.1. The third-order valence-corrected chi connectivity index (χ3v) is 4.78. The summed E-state index contributed by atoms with van der Waals surface area (Å²) in [5.74, 6) is 0.737. The lowest BCUT2D eigenvalue weighted by molar-refractivity contribution is 1.04. The SMILES string of the molecule is Cc1ccc(-c2csc3nc(CCl)[nH]c(=O)c23)s1. The summed E-state index contributed by atoms with van der Waals surface area (Å²) in [4.78, 5) is 22.2. The average molecular weight is 297 g/mol. The molecule has 0 radical (unpaired) electrons. The van der Waals surface area contributed by atoms with Gasteiger partial charge in [-0.25, -0.2) is 4.98 Å². The van der Waals surface area contributed by atoms with Crippen molar-refractivity contribution >= 4 is 44.5 Å². The molecule has 6 heteroatoms. The molecular formula is C12H9ClN2OS2. The number of rotatable bonds is 2. The lowest BCUT2D eigenvalue weighted by Crippen LogP contribution is -2.10. The van der Waals surface area contributed by atoms with E-state index in [1.807, 2.05) is 11.4 Å². The number of aromatic amines is 1. The first-order valence-electron chi connectivity index (χ1n) is 5.32. The summed E-state index contributed by atoms with van der Waals surface area (Å²) < 4.78 is 0. The molecule has 3 aromatic heterocycles. The molecule has 0 aliphatic heterocycles. The van der Waals surface area contributed by atoms with E-state index >= 15 is 0 Å². The smallest absolute Gasteiger partial charge is 0.260 e. The number of aryl methyl sites for hydroxylation is 1. The second kappa shape index (κ2) is 4.50. The zero-order valence-corrected chi connectivity index (χ0v) is 11.9. The Kier molecular flexibility index (Phi) is 2.97. The van der Waals surface area contributed by atoms with Crippen molar-refractivity contribution in [2.24, 2.45) is 0 Å². The number of fused-ring (bicyclic) bond motifs is 1. The number of hydrogen-bond acceptors (Lipinski definition) is 4. The second-order valence-electron chi connectivity index (χ2n) is 3.89. The van der Waals surface area contributed by atoms with Crippen LogP contribution < -0.4 is 5.56 Å². The Morgan fingerprint density at radius 3 is 2.94 bits per heavy atom. The second-order valence-corrected chi connectivity index (χ2v) is 6.30. The molecule has 1 N–H and O–H groups in total. The van der Waals surface area contributed by atoms with Crippen LogP contribution in [0.3, 0.4) is 0 Å². The van der Waals surface area contributed by atoms with Gasteiger partial charge in [-0.2, -0.15) is 0 Å². The maximum absolute atomic E-state index is 12.1. The first-order chi connectivity index (χ1) is 8.69. The Morgan fingerprint density at radius 1 is 1.44 bits per heavy atom. The van der Waals surface area contributed by atoms with E-state index in [0.29, 0.717) is 11.2 Å². The van der Waals surface area contributed by atoms with Crippen molar-refractivity contribution in [1.29, 1.82) is 0 Å². The topological polar surface area (TPSA) is 45.8 Å². The van der Waals surface area contributed by atoms with Gasteiger partial charge in [0.25, 0.3) is 5.56 Å². The van der Waals surface area contributed by atoms with Gasteiger partial charge in [-0.05, 0) is 19.1 Å². The van der Waals surface area contributed by atoms with Crippen LogP contribution in [-0.4, -0.2) is 9.97 Å². The number of halogens is 1. The predicted molar refractivity (Wildman–Crippen MR) is 77.8 cm³/mol. The summed E-state index contributed by atoms with van der Waals surface area (Å²) in [7, 11) is 0. The van der Waals surface area contributed by atoms with Crippen molar-refractivity contribution in [2.45, 2.75) is 12.8 Å². The van der Waals surface area contributed by atoms with Crippen molar-refractivity contribution in [3.63, 3.8) is 0 Å². The summed E-state index contributed by atoms with van der Waals surface area (Å²) in [6, 6.07) is 4.09. The fourth-order valence-electron chi connectivity index (χ4n) is 1.82. The highest BCUT2D eigenvalue weighted by Gasteiger charge is 2.13. The van der Waals surface area contributed by atoms with E-state index in [2.05, 4.69) is 23.0 Å². The van der Waals surface area contributed by atoms with E-state index in [9.17, 15) is 4.79 Å². The molecule has 3 rings (SSSR count). The van der Waals surface area contributed by atoms with Crippen LogP contribution in [0.4, 0.5) is 0 Å². The highest BCUT2D eigenvalue weighted by Crippen LogP contribution is 2.34. The summed E-state index contributed by atoms with van der Waals surface area (Å²) >= 11 is 8.86. The molecule has 0 aromatic carbocycles. The van der Waals surface area contributed by atoms with Gasteiger partial charge in [-0.1, -0.05) is 0 Å². The highest BCUT2D eigenvalue weighted by molar-refractivity contribution is 7.19. The van der Waals surface area contributed by atoms with E-state index in [1.165, 1.54) is 16.2 Å². The quantitative estimate of drug-likeness (QED) is 0.732. The standard InChI is InChI=1S/C12H9ClN2OS2/c1-6-2-3-8(18-6)7-5-17-12-10(7)11(16)14-9(4-13)15-12/h2-3,5H,4H2,1H3,(H,14,15,16). The van der Waals surface area contributed by atoms with Crippen LogP contribution in [0.25, 0.3) is 20.7 Å². The van der Waals surface area contributed by atoms with E-state index in [-0.39, 0.29) is 11.4 Å². The van der Waals surface area contributed by atoms with Crippen LogP contribution in [0.15, 0.2) is 22.3 Å². The van der Waals surface area contributed by atoms with Crippen LogP contribution in [0, 0.1) is 6.92 Å². The van der Waals surface area contributed by atoms with E-state index in [1.54, 1.807) is 11.3 Å². The molecule has 0 saturated carbocycles. The molecule has 3 nitrogen and oxygen atoms in total. The molecule has 0 spiro atoms.